The Hall–Kier alpha value is -2.73. The van der Waals surface area contributed by atoms with Gasteiger partial charge in [0.2, 0.25) is 6.79 Å². The van der Waals surface area contributed by atoms with Crippen LogP contribution in [0.1, 0.15) is 60.4 Å². The van der Waals surface area contributed by atoms with Crippen LogP contribution in [-0.2, 0) is 24.2 Å². The van der Waals surface area contributed by atoms with Crippen molar-refractivity contribution < 1.29 is 23.7 Å². The maximum absolute atomic E-state index is 13.0. The molecule has 6 nitrogen and oxygen atoms in total. The lowest BCUT2D eigenvalue weighted by Gasteiger charge is -2.42. The van der Waals surface area contributed by atoms with Gasteiger partial charge in [-0.2, -0.15) is 0 Å². The first-order valence-electron chi connectivity index (χ1n) is 11.8. The van der Waals surface area contributed by atoms with Crippen molar-refractivity contribution in [2.45, 2.75) is 57.5 Å². The van der Waals surface area contributed by atoms with Crippen molar-refractivity contribution >= 4 is 5.97 Å². The molecule has 1 saturated carbocycles. The van der Waals surface area contributed by atoms with Crippen LogP contribution in [0.5, 0.6) is 23.0 Å². The zero-order chi connectivity index (χ0) is 21.7. The van der Waals surface area contributed by atoms with Crippen LogP contribution >= 0.6 is 0 Å². The highest BCUT2D eigenvalue weighted by Gasteiger charge is 2.36. The molecule has 0 amide bonds. The van der Waals surface area contributed by atoms with Gasteiger partial charge in [-0.3, -0.25) is 9.69 Å². The standard InChI is InChI=1S/C26H29NO5/c1-29-22-8-7-17-11-21-19-13-24-23(30-15-31-24)12-18(19)9-10-27(21)14-20(17)25(22)32-26(28)16-5-3-2-4-6-16/h7-8,12-13,16,21H,2-6,9-11,14-15H2,1H3. The van der Waals surface area contributed by atoms with Gasteiger partial charge in [-0.05, 0) is 60.6 Å². The Balaban J connectivity index is 1.32. The van der Waals surface area contributed by atoms with Gasteiger partial charge in [0.1, 0.15) is 0 Å². The number of nitrogens with zero attached hydrogens (tertiary/aromatic N) is 1. The maximum atomic E-state index is 13.0. The van der Waals surface area contributed by atoms with Crippen molar-refractivity contribution in [3.63, 3.8) is 0 Å². The molecule has 0 aromatic heterocycles. The highest BCUT2D eigenvalue weighted by molar-refractivity contribution is 5.77. The van der Waals surface area contributed by atoms with E-state index >= 15 is 0 Å². The average molecular weight is 436 g/mol. The number of esters is 1. The van der Waals surface area contributed by atoms with Crippen molar-refractivity contribution in [2.75, 3.05) is 20.4 Å². The molecule has 2 aromatic carbocycles. The van der Waals surface area contributed by atoms with Crippen molar-refractivity contribution in [1.29, 1.82) is 0 Å². The summed E-state index contributed by atoms with van der Waals surface area (Å²) in [6.07, 6.45) is 7.13. The van der Waals surface area contributed by atoms with Crippen molar-refractivity contribution in [2.24, 2.45) is 5.92 Å². The molecule has 3 heterocycles. The Morgan fingerprint density at radius 3 is 2.69 bits per heavy atom. The lowest BCUT2D eigenvalue weighted by atomic mass is 9.83. The van der Waals surface area contributed by atoms with Crippen LogP contribution < -0.4 is 18.9 Å². The highest BCUT2D eigenvalue weighted by atomic mass is 16.7. The minimum absolute atomic E-state index is 0.00632. The SMILES string of the molecule is COc1ccc2c(c1OC(=O)C1CCCCC1)CN1CCc3cc4c(cc3C1C2)OCO4. The molecule has 1 unspecified atom stereocenters. The van der Waals surface area contributed by atoms with Gasteiger partial charge in [0, 0.05) is 24.7 Å². The molecule has 1 aliphatic carbocycles. The molecule has 3 aliphatic heterocycles. The van der Waals surface area contributed by atoms with Crippen LogP contribution in [0.25, 0.3) is 0 Å². The molecule has 168 valence electrons. The number of hydrogen-bond acceptors (Lipinski definition) is 6. The van der Waals surface area contributed by atoms with Gasteiger partial charge >= 0.3 is 5.97 Å². The molecule has 0 radical (unpaired) electrons. The third-order valence-electron chi connectivity index (χ3n) is 7.56. The van der Waals surface area contributed by atoms with Gasteiger partial charge in [0.15, 0.2) is 23.0 Å². The summed E-state index contributed by atoms with van der Waals surface area (Å²) < 4.78 is 22.9. The molecule has 1 atom stereocenters. The predicted octanol–water partition coefficient (Wildman–Crippen LogP) is 4.57. The predicted molar refractivity (Wildman–Crippen MR) is 118 cm³/mol. The minimum atomic E-state index is -0.102. The van der Waals surface area contributed by atoms with E-state index < -0.39 is 0 Å². The van der Waals surface area contributed by atoms with Gasteiger partial charge < -0.3 is 18.9 Å². The molecule has 0 saturated heterocycles. The second-order valence-electron chi connectivity index (χ2n) is 9.34. The Morgan fingerprint density at radius 2 is 1.88 bits per heavy atom. The van der Waals surface area contributed by atoms with Crippen LogP contribution in [0.15, 0.2) is 24.3 Å². The summed E-state index contributed by atoms with van der Waals surface area (Å²) in [5, 5.41) is 0. The molecule has 6 rings (SSSR count). The number of benzene rings is 2. The summed E-state index contributed by atoms with van der Waals surface area (Å²) in [6.45, 7) is 2.01. The molecule has 6 heteroatoms. The van der Waals surface area contributed by atoms with Crippen LogP contribution in [0.2, 0.25) is 0 Å². The van der Waals surface area contributed by atoms with E-state index in [2.05, 4.69) is 23.1 Å². The lowest BCUT2D eigenvalue weighted by molar-refractivity contribution is -0.140. The fraction of sp³-hybridized carbons (Fsp3) is 0.500. The van der Waals surface area contributed by atoms with Gasteiger partial charge in [0.05, 0.1) is 13.0 Å². The number of fused-ring (bicyclic) bond motifs is 5. The summed E-state index contributed by atoms with van der Waals surface area (Å²) in [5.74, 6) is 2.87. The Kier molecular flexibility index (Phi) is 4.98. The van der Waals surface area contributed by atoms with Gasteiger partial charge in [-0.1, -0.05) is 25.3 Å². The molecule has 2 aromatic rings. The fourth-order valence-corrected chi connectivity index (χ4v) is 5.79. The first-order valence-corrected chi connectivity index (χ1v) is 11.8. The number of methoxy groups -OCH3 is 1. The maximum Gasteiger partial charge on any atom is 0.314 e. The molecule has 0 bridgehead atoms. The smallest absolute Gasteiger partial charge is 0.314 e. The van der Waals surface area contributed by atoms with Crippen LogP contribution in [0.3, 0.4) is 0 Å². The van der Waals surface area contributed by atoms with Crippen molar-refractivity contribution in [3.8, 4) is 23.0 Å². The quantitative estimate of drug-likeness (QED) is 0.520. The Bertz CT molecular complexity index is 1060. The Morgan fingerprint density at radius 1 is 1.06 bits per heavy atom. The van der Waals surface area contributed by atoms with Crippen molar-refractivity contribution in [1.82, 2.24) is 4.90 Å². The number of carbonyl (C=O) groups excluding carboxylic acids is 1. The van der Waals surface area contributed by atoms with Gasteiger partial charge in [0.25, 0.3) is 0 Å². The van der Waals surface area contributed by atoms with E-state index in [0.717, 1.165) is 68.7 Å². The first kappa shape index (κ1) is 19.9. The number of rotatable bonds is 3. The third-order valence-corrected chi connectivity index (χ3v) is 7.56. The molecule has 0 spiro atoms. The summed E-state index contributed by atoms with van der Waals surface area (Å²) in [6, 6.07) is 8.67. The van der Waals surface area contributed by atoms with E-state index in [0.29, 0.717) is 18.3 Å². The van der Waals surface area contributed by atoms with E-state index in [1.807, 2.05) is 6.07 Å². The molecule has 32 heavy (non-hydrogen) atoms. The topological polar surface area (TPSA) is 57.2 Å². The summed E-state index contributed by atoms with van der Waals surface area (Å²) in [7, 11) is 1.64. The molecule has 1 fully saturated rings. The number of hydrogen-bond donors (Lipinski definition) is 0. The zero-order valence-electron chi connectivity index (χ0n) is 18.5. The summed E-state index contributed by atoms with van der Waals surface area (Å²) in [5.41, 5.74) is 4.98. The monoisotopic (exact) mass is 435 g/mol. The summed E-state index contributed by atoms with van der Waals surface area (Å²) >= 11 is 0. The van der Waals surface area contributed by atoms with Crippen molar-refractivity contribution in [3.05, 3.63) is 46.5 Å². The van der Waals surface area contributed by atoms with E-state index in [1.54, 1.807) is 7.11 Å². The van der Waals surface area contributed by atoms with Gasteiger partial charge in [-0.15, -0.1) is 0 Å². The van der Waals surface area contributed by atoms with E-state index in [9.17, 15) is 4.79 Å². The second-order valence-corrected chi connectivity index (χ2v) is 9.34. The molecular formula is C26H29NO5. The summed E-state index contributed by atoms with van der Waals surface area (Å²) in [4.78, 5) is 15.4. The fourth-order valence-electron chi connectivity index (χ4n) is 5.79. The van der Waals surface area contributed by atoms with Crippen LogP contribution in [0.4, 0.5) is 0 Å². The molecule has 4 aliphatic rings. The normalized spacial score (nSPS) is 22.0. The first-order chi connectivity index (χ1) is 15.7. The highest BCUT2D eigenvalue weighted by Crippen LogP contribution is 2.47. The zero-order valence-corrected chi connectivity index (χ0v) is 18.5. The molecular weight excluding hydrogens is 406 g/mol. The van der Waals surface area contributed by atoms with Crippen LogP contribution in [-0.4, -0.2) is 31.3 Å². The Labute approximate surface area is 188 Å². The second kappa shape index (κ2) is 8.00. The molecule has 0 N–H and O–H groups in total. The van der Waals surface area contributed by atoms with E-state index in [1.165, 1.54) is 23.1 Å². The number of carbonyl (C=O) groups is 1. The number of ether oxygens (including phenoxy) is 4. The van der Waals surface area contributed by atoms with E-state index in [-0.39, 0.29) is 17.9 Å². The average Bonchev–Trinajstić information content (AvgIpc) is 3.30. The van der Waals surface area contributed by atoms with E-state index in [4.69, 9.17) is 18.9 Å². The lowest BCUT2D eigenvalue weighted by Crippen LogP contribution is -2.39. The minimum Gasteiger partial charge on any atom is -0.493 e. The largest absolute Gasteiger partial charge is 0.493 e. The van der Waals surface area contributed by atoms with Crippen LogP contribution in [0, 0.1) is 5.92 Å². The van der Waals surface area contributed by atoms with Gasteiger partial charge in [-0.25, -0.2) is 0 Å². The third kappa shape index (κ3) is 3.32.